The largest absolute Gasteiger partial charge is 0.379 e. The highest BCUT2D eigenvalue weighted by atomic mass is 19.3. The van der Waals surface area contributed by atoms with Gasteiger partial charge in [-0.2, -0.15) is 0 Å². The highest BCUT2D eigenvalue weighted by Gasteiger charge is 2.24. The molecule has 0 aromatic carbocycles. The van der Waals surface area contributed by atoms with Crippen LogP contribution in [0.15, 0.2) is 55.1 Å². The predicted molar refractivity (Wildman–Crippen MR) is 134 cm³/mol. The van der Waals surface area contributed by atoms with E-state index >= 15 is 0 Å². The fraction of sp³-hybridized carbons (Fsp3) is 0.393. The summed E-state index contributed by atoms with van der Waals surface area (Å²) in [5.74, 6) is 0.453. The summed E-state index contributed by atoms with van der Waals surface area (Å²) in [7, 11) is 0. The van der Waals surface area contributed by atoms with Gasteiger partial charge in [-0.1, -0.05) is 12.1 Å². The van der Waals surface area contributed by atoms with Crippen LogP contribution >= 0.6 is 0 Å². The molecule has 0 bridgehead atoms. The monoisotopic (exact) mass is 492 g/mol. The van der Waals surface area contributed by atoms with Crippen LogP contribution in [-0.4, -0.2) is 57.6 Å². The standard InChI is InChI=1S/C28H30F2N4O2/c1-19-14-20(16-32-27(19)21-2-5-24(6-3-21)33-10-12-36-13-11-33)15-25(35)23-8-9-34(18-23)26-7-4-22(17-31-26)28(29)30/h2,4,7-9,14,16-18,24,28H,3,5-6,10-13,15H2,1H3. The van der Waals surface area contributed by atoms with E-state index in [-0.39, 0.29) is 17.8 Å². The molecule has 36 heavy (non-hydrogen) atoms. The Kier molecular flexibility index (Phi) is 7.34. The summed E-state index contributed by atoms with van der Waals surface area (Å²) < 4.78 is 32.7. The minimum Gasteiger partial charge on any atom is -0.379 e. The van der Waals surface area contributed by atoms with Crippen LogP contribution in [0.5, 0.6) is 0 Å². The Balaban J connectivity index is 1.22. The van der Waals surface area contributed by atoms with Crippen LogP contribution in [0.25, 0.3) is 11.4 Å². The molecule has 5 rings (SSSR count). The molecule has 1 atom stereocenters. The van der Waals surface area contributed by atoms with Crippen LogP contribution in [0.4, 0.5) is 8.78 Å². The lowest BCUT2D eigenvalue weighted by atomic mass is 9.90. The molecule has 0 spiro atoms. The summed E-state index contributed by atoms with van der Waals surface area (Å²) in [6.45, 7) is 5.72. The number of allylic oxidation sites excluding steroid dienone is 1. The van der Waals surface area contributed by atoms with Gasteiger partial charge in [0.25, 0.3) is 6.43 Å². The maximum absolute atomic E-state index is 12.9. The van der Waals surface area contributed by atoms with E-state index < -0.39 is 6.43 Å². The molecule has 8 heteroatoms. The van der Waals surface area contributed by atoms with Gasteiger partial charge in [0, 0.05) is 61.5 Å². The average molecular weight is 493 g/mol. The van der Waals surface area contributed by atoms with Gasteiger partial charge in [-0.25, -0.2) is 13.8 Å². The first-order chi connectivity index (χ1) is 17.5. The number of hydrogen-bond donors (Lipinski definition) is 0. The zero-order valence-electron chi connectivity index (χ0n) is 20.4. The number of ketones is 1. The molecule has 4 heterocycles. The molecule has 2 aliphatic rings. The molecule has 0 radical (unpaired) electrons. The van der Waals surface area contributed by atoms with Crippen molar-refractivity contribution in [1.82, 2.24) is 19.4 Å². The molecule has 0 amide bonds. The lowest BCUT2D eigenvalue weighted by molar-refractivity contribution is 0.0150. The minimum absolute atomic E-state index is 0.0304. The molecule has 1 fully saturated rings. The average Bonchev–Trinajstić information content (AvgIpc) is 3.40. The highest BCUT2D eigenvalue weighted by Crippen LogP contribution is 2.30. The molecule has 1 unspecified atom stereocenters. The van der Waals surface area contributed by atoms with E-state index in [0.717, 1.165) is 68.6 Å². The van der Waals surface area contributed by atoms with Gasteiger partial charge in [0.2, 0.25) is 0 Å². The van der Waals surface area contributed by atoms with Crippen LogP contribution in [0, 0.1) is 6.92 Å². The molecule has 3 aromatic rings. The summed E-state index contributed by atoms with van der Waals surface area (Å²) in [6.07, 6.45) is 9.54. The van der Waals surface area contributed by atoms with Gasteiger partial charge in [-0.3, -0.25) is 14.7 Å². The fourth-order valence-corrected chi connectivity index (χ4v) is 5.05. The van der Waals surface area contributed by atoms with Gasteiger partial charge >= 0.3 is 0 Å². The number of halogens is 2. The van der Waals surface area contributed by atoms with Crippen LogP contribution in [0.1, 0.15) is 58.4 Å². The van der Waals surface area contributed by atoms with Gasteiger partial charge < -0.3 is 9.30 Å². The highest BCUT2D eigenvalue weighted by molar-refractivity contribution is 5.97. The number of carbonyl (C=O) groups is 1. The maximum Gasteiger partial charge on any atom is 0.265 e. The first kappa shape index (κ1) is 24.5. The Bertz CT molecular complexity index is 1250. The number of ether oxygens (including phenoxy) is 1. The Morgan fingerprint density at radius 1 is 1.17 bits per heavy atom. The van der Waals surface area contributed by atoms with E-state index in [1.807, 2.05) is 0 Å². The number of Topliss-reactive ketones (excluding diaryl/α,β-unsaturated/α-hetero) is 1. The molecule has 6 nitrogen and oxygen atoms in total. The van der Waals surface area contributed by atoms with Crippen molar-refractivity contribution in [2.75, 3.05) is 26.3 Å². The quantitative estimate of drug-likeness (QED) is 0.424. The zero-order valence-corrected chi connectivity index (χ0v) is 20.4. The topological polar surface area (TPSA) is 60.2 Å². The fourth-order valence-electron chi connectivity index (χ4n) is 5.05. The number of nitrogens with zero attached hydrogens (tertiary/aromatic N) is 4. The van der Waals surface area contributed by atoms with Crippen molar-refractivity contribution >= 4 is 11.4 Å². The Morgan fingerprint density at radius 3 is 2.67 bits per heavy atom. The summed E-state index contributed by atoms with van der Waals surface area (Å²) in [6, 6.07) is 7.22. The third kappa shape index (κ3) is 5.44. The maximum atomic E-state index is 12.9. The van der Waals surface area contributed by atoms with Crippen molar-refractivity contribution in [3.05, 3.63) is 83.1 Å². The van der Waals surface area contributed by atoms with Crippen molar-refractivity contribution in [3.63, 3.8) is 0 Å². The van der Waals surface area contributed by atoms with E-state index in [1.165, 1.54) is 17.7 Å². The predicted octanol–water partition coefficient (Wildman–Crippen LogP) is 5.21. The SMILES string of the molecule is Cc1cc(CC(=O)c2ccn(-c3ccc(C(F)F)cn3)c2)cnc1C1=CCC(N2CCOCC2)CC1. The first-order valence-corrected chi connectivity index (χ1v) is 12.4. The summed E-state index contributed by atoms with van der Waals surface area (Å²) in [4.78, 5) is 24.2. The number of aromatic nitrogens is 3. The van der Waals surface area contributed by atoms with E-state index in [0.29, 0.717) is 17.4 Å². The number of pyridine rings is 2. The van der Waals surface area contributed by atoms with Crippen LogP contribution in [0.3, 0.4) is 0 Å². The summed E-state index contributed by atoms with van der Waals surface area (Å²) >= 11 is 0. The van der Waals surface area contributed by atoms with Crippen molar-refractivity contribution in [2.45, 2.75) is 45.1 Å². The van der Waals surface area contributed by atoms with Gasteiger partial charge in [0.05, 0.1) is 18.9 Å². The van der Waals surface area contributed by atoms with E-state index in [9.17, 15) is 13.6 Å². The molecule has 3 aromatic heterocycles. The third-order valence-corrected chi connectivity index (χ3v) is 7.05. The molecule has 0 saturated carbocycles. The van der Waals surface area contributed by atoms with Crippen LogP contribution in [-0.2, 0) is 11.2 Å². The number of rotatable bonds is 7. The normalized spacial score (nSPS) is 18.9. The molecule has 0 N–H and O–H groups in total. The number of alkyl halides is 2. The summed E-state index contributed by atoms with van der Waals surface area (Å²) in [5.41, 5.74) is 4.68. The Labute approximate surface area is 209 Å². The van der Waals surface area contributed by atoms with Crippen molar-refractivity contribution in [1.29, 1.82) is 0 Å². The second-order valence-electron chi connectivity index (χ2n) is 9.47. The van der Waals surface area contributed by atoms with E-state index in [4.69, 9.17) is 9.72 Å². The Morgan fingerprint density at radius 2 is 2.00 bits per heavy atom. The van der Waals surface area contributed by atoms with Crippen molar-refractivity contribution < 1.29 is 18.3 Å². The number of carbonyl (C=O) groups excluding carboxylic acids is 1. The summed E-state index contributed by atoms with van der Waals surface area (Å²) in [5, 5.41) is 0. The minimum atomic E-state index is -2.56. The molecule has 1 aliphatic carbocycles. The lowest BCUT2D eigenvalue weighted by Gasteiger charge is -2.36. The molecular formula is C28H30F2N4O2. The third-order valence-electron chi connectivity index (χ3n) is 7.05. The van der Waals surface area contributed by atoms with Crippen molar-refractivity contribution in [2.24, 2.45) is 0 Å². The second kappa shape index (κ2) is 10.8. The molecular weight excluding hydrogens is 462 g/mol. The molecule has 188 valence electrons. The van der Waals surface area contributed by atoms with Gasteiger partial charge in [-0.05, 0) is 61.1 Å². The second-order valence-corrected chi connectivity index (χ2v) is 9.47. The molecule has 1 saturated heterocycles. The number of hydrogen-bond acceptors (Lipinski definition) is 5. The van der Waals surface area contributed by atoms with Crippen molar-refractivity contribution in [3.8, 4) is 5.82 Å². The first-order valence-electron chi connectivity index (χ1n) is 12.4. The van der Waals surface area contributed by atoms with Gasteiger partial charge in [-0.15, -0.1) is 0 Å². The van der Waals surface area contributed by atoms with Crippen LogP contribution < -0.4 is 0 Å². The van der Waals surface area contributed by atoms with E-state index in [1.54, 1.807) is 29.2 Å². The number of morpholine rings is 1. The molecule has 1 aliphatic heterocycles. The van der Waals surface area contributed by atoms with E-state index in [2.05, 4.69) is 29.0 Å². The zero-order chi connectivity index (χ0) is 25.1. The van der Waals surface area contributed by atoms with Gasteiger partial charge in [0.1, 0.15) is 5.82 Å². The Hall–Kier alpha value is -3.23. The smallest absolute Gasteiger partial charge is 0.265 e. The van der Waals surface area contributed by atoms with Gasteiger partial charge in [0.15, 0.2) is 5.78 Å². The number of aryl methyl sites for hydroxylation is 1. The lowest BCUT2D eigenvalue weighted by Crippen LogP contribution is -2.43. The van der Waals surface area contributed by atoms with Crippen LogP contribution in [0.2, 0.25) is 0 Å².